The van der Waals surface area contributed by atoms with Crippen LogP contribution in [0.5, 0.6) is 0 Å². The first-order valence-corrected chi connectivity index (χ1v) is 9.74. The maximum atomic E-state index is 12.9. The highest BCUT2D eigenvalue weighted by atomic mass is 16.2. The molecule has 0 saturated carbocycles. The average Bonchev–Trinajstić information content (AvgIpc) is 3.05. The van der Waals surface area contributed by atoms with Gasteiger partial charge < -0.3 is 9.80 Å². The van der Waals surface area contributed by atoms with E-state index in [1.807, 2.05) is 58.3 Å². The maximum Gasteiger partial charge on any atom is 0.253 e. The van der Waals surface area contributed by atoms with Crippen LogP contribution in [0.4, 0.5) is 0 Å². The second-order valence-corrected chi connectivity index (χ2v) is 7.54. The maximum absolute atomic E-state index is 12.9. The molecule has 0 radical (unpaired) electrons. The van der Waals surface area contributed by atoms with Gasteiger partial charge in [0.15, 0.2) is 0 Å². The Balaban J connectivity index is 1.42. The molecule has 27 heavy (non-hydrogen) atoms. The van der Waals surface area contributed by atoms with Gasteiger partial charge in [0.25, 0.3) is 5.91 Å². The van der Waals surface area contributed by atoms with Crippen molar-refractivity contribution in [3.05, 3.63) is 66.0 Å². The molecule has 3 aliphatic rings. The van der Waals surface area contributed by atoms with E-state index in [1.165, 1.54) is 0 Å². The van der Waals surface area contributed by atoms with Gasteiger partial charge in [-0.1, -0.05) is 24.3 Å². The number of carbonyl (C=O) groups excluding carboxylic acids is 2. The molecule has 1 aromatic heterocycles. The van der Waals surface area contributed by atoms with Gasteiger partial charge in [-0.05, 0) is 49.4 Å². The molecule has 4 heterocycles. The second kappa shape index (κ2) is 7.91. The van der Waals surface area contributed by atoms with Crippen molar-refractivity contribution >= 4 is 11.8 Å². The van der Waals surface area contributed by atoms with Gasteiger partial charge in [-0.15, -0.1) is 0 Å². The molecule has 2 amide bonds. The summed E-state index contributed by atoms with van der Waals surface area (Å²) in [4.78, 5) is 34.0. The number of fused-ring (bicyclic) bond motifs is 4. The van der Waals surface area contributed by atoms with E-state index in [4.69, 9.17) is 0 Å². The minimum Gasteiger partial charge on any atom is -0.338 e. The number of hydrogen-bond acceptors (Lipinski definition) is 3. The number of aromatic nitrogens is 1. The Morgan fingerprint density at radius 1 is 0.963 bits per heavy atom. The molecule has 2 aromatic rings. The summed E-state index contributed by atoms with van der Waals surface area (Å²) in [5, 5.41) is 0. The molecule has 0 unspecified atom stereocenters. The first-order valence-electron chi connectivity index (χ1n) is 9.74. The zero-order chi connectivity index (χ0) is 18.6. The Morgan fingerprint density at radius 2 is 1.78 bits per heavy atom. The molecule has 0 aliphatic carbocycles. The molecule has 0 spiro atoms. The molecule has 3 fully saturated rings. The lowest BCUT2D eigenvalue weighted by molar-refractivity contribution is -0.135. The summed E-state index contributed by atoms with van der Waals surface area (Å²) in [6.45, 7) is 2.15. The topological polar surface area (TPSA) is 53.5 Å². The van der Waals surface area contributed by atoms with Gasteiger partial charge in [0.05, 0.1) is 0 Å². The Bertz CT molecular complexity index is 794. The largest absolute Gasteiger partial charge is 0.338 e. The molecule has 140 valence electrons. The summed E-state index contributed by atoms with van der Waals surface area (Å²) >= 11 is 0. The predicted molar refractivity (Wildman–Crippen MR) is 103 cm³/mol. The Labute approximate surface area is 160 Å². The third kappa shape index (κ3) is 4.02. The van der Waals surface area contributed by atoms with E-state index in [0.717, 1.165) is 37.2 Å². The Kier molecular flexibility index (Phi) is 5.19. The van der Waals surface area contributed by atoms with Gasteiger partial charge in [-0.3, -0.25) is 14.6 Å². The number of hydrogen-bond donors (Lipinski definition) is 0. The zero-order valence-corrected chi connectivity index (χ0v) is 15.5. The number of benzene rings is 1. The number of amides is 2. The Hall–Kier alpha value is -2.69. The average molecular weight is 363 g/mol. The van der Waals surface area contributed by atoms with Gasteiger partial charge in [0.2, 0.25) is 5.91 Å². The number of piperidine rings is 1. The van der Waals surface area contributed by atoms with Crippen molar-refractivity contribution < 1.29 is 9.59 Å². The summed E-state index contributed by atoms with van der Waals surface area (Å²) in [5.74, 6) is 0.634. The SMILES string of the molecule is O=C(c1ccccc1)N1C[C@@H]2CC[C@H](C1)N(C(=O)CCc1ccccn1)C2. The molecule has 3 saturated heterocycles. The minimum absolute atomic E-state index is 0.0790. The molecule has 5 heteroatoms. The molecule has 5 rings (SSSR count). The molecule has 0 N–H and O–H groups in total. The predicted octanol–water partition coefficient (Wildman–Crippen LogP) is 2.78. The highest BCUT2D eigenvalue weighted by molar-refractivity contribution is 5.94. The van der Waals surface area contributed by atoms with E-state index in [0.29, 0.717) is 25.3 Å². The van der Waals surface area contributed by atoms with Crippen molar-refractivity contribution in [3.63, 3.8) is 0 Å². The highest BCUT2D eigenvalue weighted by Crippen LogP contribution is 2.29. The number of pyridine rings is 1. The van der Waals surface area contributed by atoms with E-state index >= 15 is 0 Å². The van der Waals surface area contributed by atoms with Gasteiger partial charge in [-0.25, -0.2) is 0 Å². The van der Waals surface area contributed by atoms with Crippen LogP contribution >= 0.6 is 0 Å². The Morgan fingerprint density at radius 3 is 2.56 bits per heavy atom. The van der Waals surface area contributed by atoms with Crippen LogP contribution < -0.4 is 0 Å². The smallest absolute Gasteiger partial charge is 0.253 e. The van der Waals surface area contributed by atoms with Gasteiger partial charge in [0, 0.05) is 49.6 Å². The monoisotopic (exact) mass is 363 g/mol. The zero-order valence-electron chi connectivity index (χ0n) is 15.5. The van der Waals surface area contributed by atoms with Crippen molar-refractivity contribution in [1.82, 2.24) is 14.8 Å². The lowest BCUT2D eigenvalue weighted by atomic mass is 9.94. The molecule has 2 atom stereocenters. The minimum atomic E-state index is 0.0790. The van der Waals surface area contributed by atoms with Crippen molar-refractivity contribution in [3.8, 4) is 0 Å². The number of aryl methyl sites for hydroxylation is 1. The van der Waals surface area contributed by atoms with E-state index in [1.54, 1.807) is 6.20 Å². The number of carbonyl (C=O) groups is 2. The summed E-state index contributed by atoms with van der Waals surface area (Å²) in [6.07, 6.45) is 4.99. The summed E-state index contributed by atoms with van der Waals surface area (Å²) < 4.78 is 0. The second-order valence-electron chi connectivity index (χ2n) is 7.54. The van der Waals surface area contributed by atoms with Crippen molar-refractivity contribution in [2.24, 2.45) is 5.92 Å². The van der Waals surface area contributed by atoms with Crippen LogP contribution in [-0.4, -0.2) is 52.3 Å². The molecule has 1 aromatic carbocycles. The standard InChI is InChI=1S/C22H25N3O2/c26-21(12-10-19-8-4-5-13-23-19)25-15-17-9-11-20(25)16-24(14-17)22(27)18-6-2-1-3-7-18/h1-8,13,17,20H,9-12,14-16H2/t17-,20+/m0/s1. The van der Waals surface area contributed by atoms with E-state index in [-0.39, 0.29) is 17.9 Å². The fraction of sp³-hybridized carbons (Fsp3) is 0.409. The summed E-state index contributed by atoms with van der Waals surface area (Å²) in [7, 11) is 0. The molecular weight excluding hydrogens is 338 g/mol. The van der Waals surface area contributed by atoms with Crippen LogP contribution in [0.2, 0.25) is 0 Å². The van der Waals surface area contributed by atoms with Gasteiger partial charge in [-0.2, -0.15) is 0 Å². The van der Waals surface area contributed by atoms with Crippen LogP contribution in [0, 0.1) is 5.92 Å². The molecular formula is C22H25N3O2. The summed E-state index contributed by atoms with van der Waals surface area (Å²) in [6, 6.07) is 15.4. The lowest BCUT2D eigenvalue weighted by Gasteiger charge is -2.36. The van der Waals surface area contributed by atoms with Crippen LogP contribution in [0.15, 0.2) is 54.7 Å². The molecule has 5 nitrogen and oxygen atoms in total. The van der Waals surface area contributed by atoms with E-state index in [2.05, 4.69) is 4.98 Å². The van der Waals surface area contributed by atoms with Crippen molar-refractivity contribution in [1.29, 1.82) is 0 Å². The molecule has 2 bridgehead atoms. The third-order valence-electron chi connectivity index (χ3n) is 5.66. The normalized spacial score (nSPS) is 21.8. The van der Waals surface area contributed by atoms with Gasteiger partial charge >= 0.3 is 0 Å². The van der Waals surface area contributed by atoms with Crippen LogP contribution in [-0.2, 0) is 11.2 Å². The fourth-order valence-corrected chi connectivity index (χ4v) is 4.24. The highest BCUT2D eigenvalue weighted by Gasteiger charge is 2.38. The van der Waals surface area contributed by atoms with Gasteiger partial charge in [0.1, 0.15) is 0 Å². The van der Waals surface area contributed by atoms with Crippen LogP contribution in [0.25, 0.3) is 0 Å². The lowest BCUT2D eigenvalue weighted by Crippen LogP contribution is -2.47. The quantitative estimate of drug-likeness (QED) is 0.839. The van der Waals surface area contributed by atoms with Crippen molar-refractivity contribution in [2.45, 2.75) is 31.7 Å². The van der Waals surface area contributed by atoms with E-state index in [9.17, 15) is 9.59 Å². The first kappa shape index (κ1) is 17.7. The number of rotatable bonds is 4. The first-order chi connectivity index (χ1) is 13.2. The van der Waals surface area contributed by atoms with Crippen LogP contribution in [0.1, 0.15) is 35.3 Å². The van der Waals surface area contributed by atoms with Crippen molar-refractivity contribution in [2.75, 3.05) is 19.6 Å². The number of nitrogens with zero attached hydrogens (tertiary/aromatic N) is 3. The van der Waals surface area contributed by atoms with Crippen LogP contribution in [0.3, 0.4) is 0 Å². The summed E-state index contributed by atoms with van der Waals surface area (Å²) in [5.41, 5.74) is 1.68. The molecule has 3 aliphatic heterocycles. The van der Waals surface area contributed by atoms with E-state index < -0.39 is 0 Å². The third-order valence-corrected chi connectivity index (χ3v) is 5.66. The fourth-order valence-electron chi connectivity index (χ4n) is 4.24.